The van der Waals surface area contributed by atoms with Crippen LogP contribution >= 0.6 is 24.1 Å². The number of thiol groups is 1. The van der Waals surface area contributed by atoms with Gasteiger partial charge in [0.05, 0.1) is 19.9 Å². The second kappa shape index (κ2) is 5.35. The number of hydrogen-bond donors (Lipinski definition) is 1. The Balaban J connectivity index is 1.70. The molecule has 1 atom stereocenters. The summed E-state index contributed by atoms with van der Waals surface area (Å²) in [6.45, 7) is 0.721. The van der Waals surface area contributed by atoms with Gasteiger partial charge in [0.25, 0.3) is 0 Å². The van der Waals surface area contributed by atoms with Crippen molar-refractivity contribution < 1.29 is 9.57 Å². The molecule has 19 heavy (non-hydrogen) atoms. The quantitative estimate of drug-likeness (QED) is 0.841. The van der Waals surface area contributed by atoms with Gasteiger partial charge in [-0.3, -0.25) is 0 Å². The lowest BCUT2D eigenvalue weighted by molar-refractivity contribution is -0.0623. The van der Waals surface area contributed by atoms with Crippen molar-refractivity contribution in [2.75, 3.05) is 7.11 Å². The number of benzene rings is 1. The third kappa shape index (κ3) is 2.82. The first-order valence-corrected chi connectivity index (χ1v) is 9.38. The van der Waals surface area contributed by atoms with Crippen LogP contribution in [-0.4, -0.2) is 12.2 Å². The van der Waals surface area contributed by atoms with E-state index in [0.717, 1.165) is 23.6 Å². The van der Waals surface area contributed by atoms with Gasteiger partial charge in [0.1, 0.15) is 5.75 Å². The Morgan fingerprint density at radius 1 is 1.32 bits per heavy atom. The highest BCUT2D eigenvalue weighted by Crippen LogP contribution is 2.45. The van der Waals surface area contributed by atoms with E-state index in [1.165, 1.54) is 5.56 Å². The highest BCUT2D eigenvalue weighted by Gasteiger charge is 2.21. The van der Waals surface area contributed by atoms with E-state index in [2.05, 4.69) is 31.7 Å². The van der Waals surface area contributed by atoms with Crippen LogP contribution in [0, 0.1) is 0 Å². The molecule has 2 heterocycles. The molecule has 2 aliphatic heterocycles. The summed E-state index contributed by atoms with van der Waals surface area (Å²) in [5, 5.41) is 6.13. The van der Waals surface area contributed by atoms with Crippen molar-refractivity contribution >= 4 is 24.1 Å². The molecule has 2 aliphatic rings. The molecule has 1 unspecified atom stereocenters. The van der Waals surface area contributed by atoms with E-state index >= 15 is 0 Å². The van der Waals surface area contributed by atoms with Crippen molar-refractivity contribution in [3.8, 4) is 5.75 Å². The van der Waals surface area contributed by atoms with Gasteiger partial charge in [0, 0.05) is 11.0 Å². The lowest BCUT2D eigenvalue weighted by Crippen LogP contribution is -2.12. The van der Waals surface area contributed by atoms with E-state index in [1.807, 2.05) is 35.5 Å². The Labute approximate surface area is 122 Å². The number of hydrogen-bond acceptors (Lipinski definition) is 3. The normalized spacial score (nSPS) is 22.4. The van der Waals surface area contributed by atoms with Crippen LogP contribution in [0.4, 0.5) is 0 Å². The smallest absolute Gasteiger partial charge is 0.169 e. The van der Waals surface area contributed by atoms with E-state index in [1.54, 1.807) is 7.11 Å². The summed E-state index contributed by atoms with van der Waals surface area (Å²) in [4.78, 5) is 5.80. The third-order valence-corrected chi connectivity index (χ3v) is 5.16. The fraction of sp³-hybridized carbons (Fsp3) is 0.143. The molecule has 100 valence electrons. The lowest BCUT2D eigenvalue weighted by Gasteiger charge is -2.17. The lowest BCUT2D eigenvalue weighted by atomic mass is 10.2. The summed E-state index contributed by atoms with van der Waals surface area (Å²) in [5.74, 6) is 1.81. The number of hydroxylamine groups is 2. The number of halogens is 1. The number of methoxy groups -OCH3 is 1. The van der Waals surface area contributed by atoms with Crippen LogP contribution in [0.15, 0.2) is 58.7 Å². The van der Waals surface area contributed by atoms with Gasteiger partial charge >= 0.3 is 0 Å². The van der Waals surface area contributed by atoms with Crippen molar-refractivity contribution in [3.05, 3.63) is 64.3 Å². The minimum Gasteiger partial charge on any atom is -0.497 e. The van der Waals surface area contributed by atoms with Crippen molar-refractivity contribution in [2.45, 2.75) is 6.54 Å². The van der Waals surface area contributed by atoms with Gasteiger partial charge in [-0.15, -0.1) is 0 Å². The van der Waals surface area contributed by atoms with E-state index in [9.17, 15) is 0 Å². The van der Waals surface area contributed by atoms with Crippen molar-refractivity contribution in [1.82, 2.24) is 5.06 Å². The SMILES string of the molecule is COc1ccc(CN2C=C3C=C[SH](Br)C=C3O2)cc1. The molecule has 0 amide bonds. The number of ether oxygens (including phenoxy) is 1. The number of fused-ring (bicyclic) bond motifs is 1. The molecular formula is C14H14BrNO2S. The van der Waals surface area contributed by atoms with Gasteiger partial charge in [0.2, 0.25) is 0 Å². The Hall–Kier alpha value is -1.33. The first-order valence-electron chi connectivity index (χ1n) is 5.88. The van der Waals surface area contributed by atoms with E-state index < -0.39 is 0 Å². The van der Waals surface area contributed by atoms with Crippen molar-refractivity contribution in [1.29, 1.82) is 0 Å². The van der Waals surface area contributed by atoms with Crippen molar-refractivity contribution in [3.63, 3.8) is 0 Å². The van der Waals surface area contributed by atoms with Crippen LogP contribution in [0.2, 0.25) is 0 Å². The number of nitrogens with zero attached hydrogens (tertiary/aromatic N) is 1. The molecule has 3 nitrogen and oxygen atoms in total. The summed E-state index contributed by atoms with van der Waals surface area (Å²) in [7, 11) is 1.32. The first kappa shape index (κ1) is 12.7. The summed E-state index contributed by atoms with van der Waals surface area (Å²) in [6.07, 6.45) is 4.13. The summed E-state index contributed by atoms with van der Waals surface area (Å²) in [6, 6.07) is 8.01. The molecule has 0 fully saturated rings. The maximum atomic E-state index is 5.80. The van der Waals surface area contributed by atoms with E-state index in [-0.39, 0.29) is 9.33 Å². The Kier molecular flexibility index (Phi) is 3.57. The predicted molar refractivity (Wildman–Crippen MR) is 82.8 cm³/mol. The summed E-state index contributed by atoms with van der Waals surface area (Å²) in [5.41, 5.74) is 2.31. The zero-order chi connectivity index (χ0) is 13.2. The van der Waals surface area contributed by atoms with E-state index in [0.29, 0.717) is 0 Å². The summed E-state index contributed by atoms with van der Waals surface area (Å²) < 4.78 is 5.15. The molecule has 0 spiro atoms. The van der Waals surface area contributed by atoms with Gasteiger partial charge in [-0.25, -0.2) is 5.06 Å². The Morgan fingerprint density at radius 2 is 2.11 bits per heavy atom. The van der Waals surface area contributed by atoms with Crippen molar-refractivity contribution in [2.24, 2.45) is 0 Å². The highest BCUT2D eigenvalue weighted by molar-refractivity contribution is 9.55. The standard InChI is InChI=1S/C14H14BrNO2S/c1-17-13-4-2-11(3-5-13)8-16-9-12-6-7-19(15)10-14(12)18-16/h2-7,9-10,19H,8H2,1H3. The van der Waals surface area contributed by atoms with E-state index in [4.69, 9.17) is 9.57 Å². The molecule has 1 aromatic carbocycles. The van der Waals surface area contributed by atoms with Crippen LogP contribution in [0.1, 0.15) is 5.56 Å². The van der Waals surface area contributed by atoms with Gasteiger partial charge in [-0.2, -0.15) is 9.33 Å². The monoisotopic (exact) mass is 339 g/mol. The molecule has 0 saturated heterocycles. The van der Waals surface area contributed by atoms with Crippen LogP contribution in [0.25, 0.3) is 0 Å². The zero-order valence-electron chi connectivity index (χ0n) is 10.4. The minimum absolute atomic E-state index is 0.347. The molecule has 1 aromatic rings. The highest BCUT2D eigenvalue weighted by atomic mass is 79.9. The molecule has 0 aromatic heterocycles. The molecule has 3 rings (SSSR count). The molecule has 5 heteroatoms. The molecule has 0 radical (unpaired) electrons. The molecule has 0 saturated carbocycles. The van der Waals surface area contributed by atoms with Gasteiger partial charge in [-0.1, -0.05) is 12.1 Å². The fourth-order valence-corrected chi connectivity index (χ4v) is 3.66. The molecule has 0 bridgehead atoms. The molecular weight excluding hydrogens is 326 g/mol. The Morgan fingerprint density at radius 3 is 2.84 bits per heavy atom. The first-order chi connectivity index (χ1) is 9.24. The second-order valence-electron chi connectivity index (χ2n) is 4.25. The average Bonchev–Trinajstić information content (AvgIpc) is 2.81. The average molecular weight is 340 g/mol. The van der Waals surface area contributed by atoms with Crippen LogP contribution < -0.4 is 4.74 Å². The van der Waals surface area contributed by atoms with Crippen LogP contribution in [0.3, 0.4) is 0 Å². The van der Waals surface area contributed by atoms with Gasteiger partial charge in [0.15, 0.2) is 5.76 Å². The van der Waals surface area contributed by atoms with Gasteiger partial charge < -0.3 is 9.57 Å². The number of rotatable bonds is 3. The summed E-state index contributed by atoms with van der Waals surface area (Å²) >= 11 is 3.59. The second-order valence-corrected chi connectivity index (χ2v) is 7.95. The zero-order valence-corrected chi connectivity index (χ0v) is 12.9. The molecule has 0 aliphatic carbocycles. The number of allylic oxidation sites excluding steroid dienone is 1. The fourth-order valence-electron chi connectivity index (χ4n) is 1.94. The predicted octanol–water partition coefficient (Wildman–Crippen LogP) is 4.01. The topological polar surface area (TPSA) is 21.7 Å². The third-order valence-electron chi connectivity index (χ3n) is 2.92. The molecule has 0 N–H and O–H groups in total. The minimum atomic E-state index is -0.347. The Bertz CT molecular complexity index is 565. The largest absolute Gasteiger partial charge is 0.497 e. The maximum absolute atomic E-state index is 5.80. The van der Waals surface area contributed by atoms with Gasteiger partial charge in [-0.05, 0) is 44.0 Å². The van der Waals surface area contributed by atoms with Crippen LogP contribution in [0.5, 0.6) is 5.75 Å². The van der Waals surface area contributed by atoms with Crippen LogP contribution in [-0.2, 0) is 11.4 Å². The maximum Gasteiger partial charge on any atom is 0.169 e.